The van der Waals surface area contributed by atoms with Crippen LogP contribution in [-0.2, 0) is 22.4 Å². The number of carbonyl (C=O) groups excluding carboxylic acids is 1. The molecule has 9 heteroatoms. The number of benzene rings is 3. The molecule has 6 rings (SSSR count). The molecule has 0 bridgehead atoms. The van der Waals surface area contributed by atoms with Crippen LogP contribution in [0.2, 0.25) is 5.02 Å². The number of carbonyl (C=O) groups is 2. The van der Waals surface area contributed by atoms with Gasteiger partial charge >= 0.3 is 11.6 Å². The van der Waals surface area contributed by atoms with E-state index in [0.29, 0.717) is 32.7 Å². The van der Waals surface area contributed by atoms with E-state index in [0.717, 1.165) is 33.0 Å². The first-order valence-electron chi connectivity index (χ1n) is 13.0. The summed E-state index contributed by atoms with van der Waals surface area (Å²) < 4.78 is 11.6. The number of rotatable bonds is 7. The minimum absolute atomic E-state index is 0.0849. The Morgan fingerprint density at radius 2 is 1.76 bits per heavy atom. The number of hydrogen-bond acceptors (Lipinski definition) is 5. The Morgan fingerprint density at radius 1 is 1.00 bits per heavy atom. The molecule has 3 aromatic heterocycles. The molecular weight excluding hydrogens is 544 g/mol. The average Bonchev–Trinajstić information content (AvgIpc) is 3.56. The standard InChI is InChI=1S/C32H25ClN2O6/c1-16-22-12-24-25(18-7-9-20(33)10-8-18)15-40-29(24)17(2)30(22)41-32(39)23(16)13-28(36)35-27(31(37)38)11-19-14-34-26-6-4-3-5-21(19)26/h3-10,12,14-15,27,34H,11,13H2,1-2H3,(H,35,36)(H,37,38)/t27-/m0/s1. The number of aromatic nitrogens is 1. The van der Waals surface area contributed by atoms with Gasteiger partial charge < -0.3 is 24.2 Å². The van der Waals surface area contributed by atoms with Crippen molar-refractivity contribution in [3.63, 3.8) is 0 Å². The molecule has 8 nitrogen and oxygen atoms in total. The van der Waals surface area contributed by atoms with Gasteiger partial charge in [0.25, 0.3) is 0 Å². The molecule has 6 aromatic rings. The van der Waals surface area contributed by atoms with Crippen LogP contribution in [0.4, 0.5) is 0 Å². The van der Waals surface area contributed by atoms with Gasteiger partial charge in [0.1, 0.15) is 17.2 Å². The summed E-state index contributed by atoms with van der Waals surface area (Å²) in [7, 11) is 0. The zero-order chi connectivity index (χ0) is 28.8. The minimum atomic E-state index is -1.18. The number of H-pyrrole nitrogens is 1. The Labute approximate surface area is 238 Å². The van der Waals surface area contributed by atoms with E-state index in [1.165, 1.54) is 0 Å². The Balaban J connectivity index is 1.33. The number of carboxylic acid groups (broad SMARTS) is 1. The van der Waals surface area contributed by atoms with Crippen LogP contribution >= 0.6 is 11.6 Å². The van der Waals surface area contributed by atoms with Crippen molar-refractivity contribution >= 4 is 56.3 Å². The van der Waals surface area contributed by atoms with Crippen LogP contribution < -0.4 is 10.9 Å². The van der Waals surface area contributed by atoms with Crippen molar-refractivity contribution in [2.24, 2.45) is 0 Å². The second kappa shape index (κ2) is 10.3. The van der Waals surface area contributed by atoms with Crippen LogP contribution in [0.5, 0.6) is 0 Å². The molecule has 3 heterocycles. The highest BCUT2D eigenvalue weighted by molar-refractivity contribution is 6.30. The molecule has 0 unspecified atom stereocenters. The van der Waals surface area contributed by atoms with Crippen LogP contribution in [0.15, 0.2) is 80.7 Å². The lowest BCUT2D eigenvalue weighted by Crippen LogP contribution is -2.43. The fraction of sp³-hybridized carbons (Fsp3) is 0.156. The largest absolute Gasteiger partial charge is 0.480 e. The van der Waals surface area contributed by atoms with E-state index >= 15 is 0 Å². The van der Waals surface area contributed by atoms with Gasteiger partial charge in [-0.2, -0.15) is 0 Å². The predicted octanol–water partition coefficient (Wildman–Crippen LogP) is 6.31. The molecular formula is C32H25ClN2O6. The Bertz CT molecular complexity index is 2030. The number of aliphatic carboxylic acids is 1. The zero-order valence-electron chi connectivity index (χ0n) is 22.2. The first-order chi connectivity index (χ1) is 19.7. The van der Waals surface area contributed by atoms with Gasteiger partial charge in [0.2, 0.25) is 5.91 Å². The van der Waals surface area contributed by atoms with Gasteiger partial charge in [-0.1, -0.05) is 41.9 Å². The number of para-hydroxylation sites is 1. The predicted molar refractivity (Wildman–Crippen MR) is 157 cm³/mol. The normalized spacial score (nSPS) is 12.3. The summed E-state index contributed by atoms with van der Waals surface area (Å²) in [5.41, 5.74) is 5.16. The van der Waals surface area contributed by atoms with Crippen molar-refractivity contribution in [1.82, 2.24) is 10.3 Å². The number of fused-ring (bicyclic) bond motifs is 3. The van der Waals surface area contributed by atoms with Gasteiger partial charge in [-0.25, -0.2) is 9.59 Å². The van der Waals surface area contributed by atoms with E-state index < -0.39 is 23.5 Å². The second-order valence-corrected chi connectivity index (χ2v) is 10.5. The fourth-order valence-corrected chi connectivity index (χ4v) is 5.51. The smallest absolute Gasteiger partial charge is 0.340 e. The summed E-state index contributed by atoms with van der Waals surface area (Å²) in [5.74, 6) is -1.76. The van der Waals surface area contributed by atoms with Gasteiger partial charge in [0, 0.05) is 50.4 Å². The van der Waals surface area contributed by atoms with E-state index in [1.807, 2.05) is 49.4 Å². The lowest BCUT2D eigenvalue weighted by molar-refractivity contribution is -0.141. The third kappa shape index (κ3) is 4.76. The molecule has 0 aliphatic carbocycles. The minimum Gasteiger partial charge on any atom is -0.480 e. The molecule has 3 N–H and O–H groups in total. The second-order valence-electron chi connectivity index (χ2n) is 10.1. The van der Waals surface area contributed by atoms with Gasteiger partial charge in [-0.15, -0.1) is 0 Å². The number of halogens is 1. The maximum Gasteiger partial charge on any atom is 0.340 e. The molecule has 1 amide bonds. The first kappa shape index (κ1) is 26.4. The third-order valence-corrected chi connectivity index (χ3v) is 7.82. The molecule has 1 atom stereocenters. The van der Waals surface area contributed by atoms with Crippen LogP contribution in [0.3, 0.4) is 0 Å². The van der Waals surface area contributed by atoms with Crippen molar-refractivity contribution in [2.75, 3.05) is 0 Å². The molecule has 41 heavy (non-hydrogen) atoms. The molecule has 0 fully saturated rings. The summed E-state index contributed by atoms with van der Waals surface area (Å²) in [6.45, 7) is 3.58. The summed E-state index contributed by atoms with van der Waals surface area (Å²) in [4.78, 5) is 41.3. The molecule has 0 aliphatic heterocycles. The maximum atomic E-state index is 13.1. The van der Waals surface area contributed by atoms with Crippen LogP contribution in [-0.4, -0.2) is 28.0 Å². The molecule has 0 aliphatic rings. The van der Waals surface area contributed by atoms with Gasteiger partial charge in [-0.3, -0.25) is 4.79 Å². The zero-order valence-corrected chi connectivity index (χ0v) is 23.0. The molecule has 206 valence electrons. The maximum absolute atomic E-state index is 13.1. The number of hydrogen-bond donors (Lipinski definition) is 3. The molecule has 0 saturated heterocycles. The molecule has 3 aromatic carbocycles. The van der Waals surface area contributed by atoms with Crippen LogP contribution in [0.25, 0.3) is 44.0 Å². The van der Waals surface area contributed by atoms with Gasteiger partial charge in [-0.05, 0) is 54.8 Å². The fourth-order valence-electron chi connectivity index (χ4n) is 5.38. The quantitative estimate of drug-likeness (QED) is 0.194. The number of aryl methyl sites for hydroxylation is 2. The van der Waals surface area contributed by atoms with Crippen molar-refractivity contribution in [3.05, 3.63) is 105 Å². The lowest BCUT2D eigenvalue weighted by Gasteiger charge is -2.15. The van der Waals surface area contributed by atoms with Crippen molar-refractivity contribution in [3.8, 4) is 11.1 Å². The topological polar surface area (TPSA) is 126 Å². The van der Waals surface area contributed by atoms with Gasteiger partial charge in [0.15, 0.2) is 0 Å². The Hall–Kier alpha value is -4.82. The molecule has 0 saturated carbocycles. The lowest BCUT2D eigenvalue weighted by atomic mass is 9.97. The molecule has 0 radical (unpaired) electrons. The highest BCUT2D eigenvalue weighted by atomic mass is 35.5. The first-order valence-corrected chi connectivity index (χ1v) is 13.4. The third-order valence-electron chi connectivity index (χ3n) is 7.57. The van der Waals surface area contributed by atoms with E-state index in [4.69, 9.17) is 20.4 Å². The van der Waals surface area contributed by atoms with E-state index in [-0.39, 0.29) is 18.4 Å². The van der Waals surface area contributed by atoms with Crippen LogP contribution in [0.1, 0.15) is 22.3 Å². The van der Waals surface area contributed by atoms with Crippen molar-refractivity contribution in [2.45, 2.75) is 32.7 Å². The Kier molecular flexibility index (Phi) is 6.63. The summed E-state index contributed by atoms with van der Waals surface area (Å²) in [5, 5.41) is 15.4. The SMILES string of the molecule is Cc1c(CC(=O)N[C@@H](Cc2c[nH]c3ccccc23)C(=O)O)c(=O)oc2c(C)c3occ(-c4ccc(Cl)cc4)c3cc12. The van der Waals surface area contributed by atoms with Crippen molar-refractivity contribution < 1.29 is 23.5 Å². The highest BCUT2D eigenvalue weighted by Gasteiger charge is 2.25. The Morgan fingerprint density at radius 3 is 2.51 bits per heavy atom. The summed E-state index contributed by atoms with van der Waals surface area (Å²) >= 11 is 6.06. The number of amides is 1. The number of aromatic amines is 1. The summed E-state index contributed by atoms with van der Waals surface area (Å²) in [6, 6.07) is 15.6. The summed E-state index contributed by atoms with van der Waals surface area (Å²) in [6.07, 6.45) is 3.16. The molecule has 0 spiro atoms. The van der Waals surface area contributed by atoms with Gasteiger partial charge in [0.05, 0.1) is 18.2 Å². The van der Waals surface area contributed by atoms with Crippen LogP contribution in [0, 0.1) is 13.8 Å². The number of furan rings is 1. The van der Waals surface area contributed by atoms with E-state index in [1.54, 1.807) is 31.5 Å². The number of nitrogens with one attached hydrogen (secondary N) is 2. The van der Waals surface area contributed by atoms with E-state index in [9.17, 15) is 19.5 Å². The van der Waals surface area contributed by atoms with Crippen molar-refractivity contribution in [1.29, 1.82) is 0 Å². The number of carboxylic acids is 1. The monoisotopic (exact) mass is 568 g/mol. The van der Waals surface area contributed by atoms with E-state index in [2.05, 4.69) is 10.3 Å². The highest BCUT2D eigenvalue weighted by Crippen LogP contribution is 2.37. The average molecular weight is 569 g/mol.